The van der Waals surface area contributed by atoms with E-state index in [1.165, 1.54) is 6.07 Å². The number of hydrogen-bond donors (Lipinski definition) is 2. The number of amides is 1. The molecule has 2 fully saturated rings. The largest absolute Gasteiger partial charge is 0.444 e. The van der Waals surface area contributed by atoms with Crippen LogP contribution in [0, 0.1) is 5.82 Å². The number of guanidine groups is 1. The summed E-state index contributed by atoms with van der Waals surface area (Å²) >= 11 is 0. The molecule has 0 bridgehead atoms. The summed E-state index contributed by atoms with van der Waals surface area (Å²) in [6.07, 6.45) is 3.37. The van der Waals surface area contributed by atoms with E-state index < -0.39 is 11.7 Å². The van der Waals surface area contributed by atoms with Gasteiger partial charge in [-0.15, -0.1) is 24.0 Å². The number of likely N-dealkylation sites (tertiary alicyclic amines) is 1. The summed E-state index contributed by atoms with van der Waals surface area (Å²) in [5.41, 5.74) is 0.302. The van der Waals surface area contributed by atoms with Crippen LogP contribution >= 0.6 is 24.0 Å². The average molecular weight is 576 g/mol. The molecule has 0 aromatic heterocycles. The Morgan fingerprint density at radius 2 is 1.94 bits per heavy atom. The van der Waals surface area contributed by atoms with E-state index in [0.717, 1.165) is 50.3 Å². The van der Waals surface area contributed by atoms with E-state index in [2.05, 4.69) is 20.5 Å². The molecule has 1 saturated carbocycles. The van der Waals surface area contributed by atoms with Crippen molar-refractivity contribution in [2.75, 3.05) is 33.3 Å². The van der Waals surface area contributed by atoms with Crippen LogP contribution in [0.1, 0.15) is 57.9 Å². The Hall–Kier alpha value is -1.62. The lowest BCUT2D eigenvalue weighted by atomic mass is 10.1. The lowest BCUT2D eigenvalue weighted by Gasteiger charge is -2.34. The number of hydrogen-bond acceptors (Lipinski definition) is 4. The lowest BCUT2D eigenvalue weighted by Crippen LogP contribution is -2.47. The van der Waals surface area contributed by atoms with Gasteiger partial charge in [-0.25, -0.2) is 9.18 Å². The van der Waals surface area contributed by atoms with E-state index in [1.54, 1.807) is 13.1 Å². The molecule has 1 heterocycles. The van der Waals surface area contributed by atoms with Crippen LogP contribution in [0.25, 0.3) is 0 Å². The monoisotopic (exact) mass is 576 g/mol. The first-order valence-corrected chi connectivity index (χ1v) is 11.6. The number of aliphatic imine (C=N–C) groups is 1. The van der Waals surface area contributed by atoms with Gasteiger partial charge in [0.2, 0.25) is 0 Å². The zero-order chi connectivity index (χ0) is 23.1. The minimum atomic E-state index is -0.484. The first-order valence-electron chi connectivity index (χ1n) is 11.6. The van der Waals surface area contributed by atoms with Gasteiger partial charge in [-0.1, -0.05) is 18.2 Å². The fourth-order valence-electron chi connectivity index (χ4n) is 4.00. The summed E-state index contributed by atoms with van der Waals surface area (Å²) in [7, 11) is 1.79. The van der Waals surface area contributed by atoms with E-state index in [-0.39, 0.29) is 47.9 Å². The van der Waals surface area contributed by atoms with Gasteiger partial charge in [0.1, 0.15) is 11.4 Å². The highest BCUT2D eigenvalue weighted by molar-refractivity contribution is 14.0. The van der Waals surface area contributed by atoms with Crippen molar-refractivity contribution in [2.45, 2.75) is 70.1 Å². The van der Waals surface area contributed by atoms with E-state index in [1.807, 2.05) is 32.9 Å². The predicted octanol–water partition coefficient (Wildman–Crippen LogP) is 4.27. The van der Waals surface area contributed by atoms with Crippen molar-refractivity contribution in [3.63, 3.8) is 0 Å². The summed E-state index contributed by atoms with van der Waals surface area (Å²) < 4.78 is 25.2. The highest BCUT2D eigenvalue weighted by atomic mass is 127. The lowest BCUT2D eigenvalue weighted by molar-refractivity contribution is 0.0170. The topological polar surface area (TPSA) is 75.2 Å². The van der Waals surface area contributed by atoms with Gasteiger partial charge in [-0.05, 0) is 58.1 Å². The normalized spacial score (nSPS) is 21.2. The summed E-state index contributed by atoms with van der Waals surface area (Å²) in [5.74, 6) is 0.966. The van der Waals surface area contributed by atoms with Crippen LogP contribution in [-0.2, 0) is 9.47 Å². The molecule has 2 atom stereocenters. The van der Waals surface area contributed by atoms with Crippen LogP contribution in [0.2, 0.25) is 0 Å². The van der Waals surface area contributed by atoms with Crippen molar-refractivity contribution in [1.29, 1.82) is 0 Å². The van der Waals surface area contributed by atoms with E-state index in [4.69, 9.17) is 9.47 Å². The van der Waals surface area contributed by atoms with Crippen LogP contribution in [-0.4, -0.2) is 68.0 Å². The van der Waals surface area contributed by atoms with Crippen LogP contribution in [0.4, 0.5) is 9.18 Å². The van der Waals surface area contributed by atoms with E-state index in [0.29, 0.717) is 13.2 Å². The smallest absolute Gasteiger partial charge is 0.407 e. The zero-order valence-electron chi connectivity index (χ0n) is 20.1. The van der Waals surface area contributed by atoms with Crippen molar-refractivity contribution >= 4 is 36.0 Å². The third-order valence-electron chi connectivity index (χ3n) is 5.71. The van der Waals surface area contributed by atoms with Gasteiger partial charge in [0.25, 0.3) is 0 Å². The molecule has 0 radical (unpaired) electrons. The molecule has 3 rings (SSSR count). The second kappa shape index (κ2) is 12.7. The third-order valence-corrected chi connectivity index (χ3v) is 5.71. The van der Waals surface area contributed by atoms with Crippen LogP contribution in [0.3, 0.4) is 0 Å². The van der Waals surface area contributed by atoms with Crippen LogP contribution in [0.15, 0.2) is 29.3 Å². The molecule has 0 spiro atoms. The molecule has 2 N–H and O–H groups in total. The molecule has 1 aliphatic carbocycles. The molecule has 1 aromatic carbocycles. The zero-order valence-corrected chi connectivity index (χ0v) is 22.4. The van der Waals surface area contributed by atoms with Gasteiger partial charge in [0.15, 0.2) is 5.96 Å². The maximum absolute atomic E-state index is 14.0. The Morgan fingerprint density at radius 3 is 2.58 bits per heavy atom. The van der Waals surface area contributed by atoms with Crippen LogP contribution < -0.4 is 10.6 Å². The van der Waals surface area contributed by atoms with Crippen LogP contribution in [0.5, 0.6) is 0 Å². The number of halogens is 2. The molecule has 1 saturated heterocycles. The standard InChI is InChI=1S/C24H37FN4O3.HI/c1-24(2,3)32-23(30)27-12-7-15-31-17-10-13-29(14-11-17)22(26-4)28-21-16-19(21)18-8-5-6-9-20(18)25;/h5-6,8-9,17,19,21H,7,10-16H2,1-4H3,(H,26,28)(H,27,30);1H. The molecule has 33 heavy (non-hydrogen) atoms. The third kappa shape index (κ3) is 8.92. The fourth-order valence-corrected chi connectivity index (χ4v) is 4.00. The van der Waals surface area contributed by atoms with Gasteiger partial charge in [0, 0.05) is 45.2 Å². The second-order valence-electron chi connectivity index (χ2n) is 9.50. The molecule has 1 aromatic rings. The highest BCUT2D eigenvalue weighted by Crippen LogP contribution is 2.41. The highest BCUT2D eigenvalue weighted by Gasteiger charge is 2.41. The average Bonchev–Trinajstić information content (AvgIpc) is 3.50. The number of alkyl carbamates (subject to hydrolysis) is 1. The van der Waals surface area contributed by atoms with Crippen molar-refractivity contribution in [2.24, 2.45) is 4.99 Å². The molecular formula is C24H38FIN4O3. The fraction of sp³-hybridized carbons (Fsp3) is 0.667. The Kier molecular flexibility index (Phi) is 10.7. The number of nitrogens with zero attached hydrogens (tertiary/aromatic N) is 2. The van der Waals surface area contributed by atoms with Gasteiger partial charge in [0.05, 0.1) is 6.10 Å². The Balaban J connectivity index is 0.00000385. The number of benzene rings is 1. The molecule has 1 aliphatic heterocycles. The number of carbonyl (C=O) groups is 1. The Morgan fingerprint density at radius 1 is 1.24 bits per heavy atom. The Labute approximate surface area is 213 Å². The van der Waals surface area contributed by atoms with Crippen molar-refractivity contribution < 1.29 is 18.7 Å². The molecule has 9 heteroatoms. The van der Waals surface area contributed by atoms with Gasteiger partial charge in [-0.2, -0.15) is 0 Å². The minimum Gasteiger partial charge on any atom is -0.444 e. The van der Waals surface area contributed by atoms with E-state index >= 15 is 0 Å². The second-order valence-corrected chi connectivity index (χ2v) is 9.50. The van der Waals surface area contributed by atoms with E-state index in [9.17, 15) is 9.18 Å². The number of piperidine rings is 1. The maximum atomic E-state index is 14.0. The molecule has 2 aliphatic rings. The Bertz CT molecular complexity index is 794. The number of nitrogens with one attached hydrogen (secondary N) is 2. The van der Waals surface area contributed by atoms with Gasteiger partial charge in [-0.3, -0.25) is 4.99 Å². The minimum absolute atomic E-state index is 0. The maximum Gasteiger partial charge on any atom is 0.407 e. The first-order chi connectivity index (χ1) is 15.3. The van der Waals surface area contributed by atoms with Crippen molar-refractivity contribution in [3.05, 3.63) is 35.6 Å². The van der Waals surface area contributed by atoms with Crippen molar-refractivity contribution in [1.82, 2.24) is 15.5 Å². The molecule has 1 amide bonds. The molecular weight excluding hydrogens is 538 g/mol. The molecule has 7 nitrogen and oxygen atoms in total. The summed E-state index contributed by atoms with van der Waals surface area (Å²) in [5, 5.41) is 6.26. The summed E-state index contributed by atoms with van der Waals surface area (Å²) in [4.78, 5) is 18.3. The summed E-state index contributed by atoms with van der Waals surface area (Å²) in [6.45, 7) is 8.43. The molecule has 2 unspecified atom stereocenters. The van der Waals surface area contributed by atoms with Gasteiger partial charge >= 0.3 is 6.09 Å². The number of rotatable bonds is 7. The number of ether oxygens (including phenoxy) is 2. The van der Waals surface area contributed by atoms with Gasteiger partial charge < -0.3 is 25.0 Å². The van der Waals surface area contributed by atoms with Crippen molar-refractivity contribution in [3.8, 4) is 0 Å². The quantitative estimate of drug-likeness (QED) is 0.220. The number of carbonyl (C=O) groups excluding carboxylic acids is 1. The summed E-state index contributed by atoms with van der Waals surface area (Å²) in [6, 6.07) is 7.25. The first kappa shape index (κ1) is 27.6. The molecule has 186 valence electrons. The predicted molar refractivity (Wildman–Crippen MR) is 139 cm³/mol. The SMILES string of the molecule is CN=C(NC1CC1c1ccccc1F)N1CCC(OCCCNC(=O)OC(C)(C)C)CC1.I.